The Hall–Kier alpha value is -1.65. The van der Waals surface area contributed by atoms with Crippen molar-refractivity contribution in [1.82, 2.24) is 9.97 Å². The number of rotatable bonds is 4. The van der Waals surface area contributed by atoms with E-state index in [1.54, 1.807) is 12.3 Å². The van der Waals surface area contributed by atoms with E-state index in [4.69, 9.17) is 0 Å². The molecule has 2 rings (SSSR count). The first kappa shape index (κ1) is 12.8. The first-order valence-corrected chi connectivity index (χ1v) is 6.41. The van der Waals surface area contributed by atoms with Crippen LogP contribution in [-0.2, 0) is 4.79 Å². The van der Waals surface area contributed by atoms with E-state index in [1.807, 2.05) is 18.7 Å². The molecule has 0 aliphatic carbocycles. The number of carboxylic acid groups (broad SMARTS) is 1. The molecule has 1 saturated heterocycles. The molecule has 0 bridgehead atoms. The van der Waals surface area contributed by atoms with E-state index in [1.165, 1.54) is 0 Å². The fourth-order valence-electron chi connectivity index (χ4n) is 2.81. The molecule has 0 spiro atoms. The Labute approximate surface area is 107 Å². The van der Waals surface area contributed by atoms with Crippen LogP contribution in [0.2, 0.25) is 0 Å². The van der Waals surface area contributed by atoms with Gasteiger partial charge in [0.05, 0.1) is 0 Å². The van der Waals surface area contributed by atoms with Crippen LogP contribution in [0.5, 0.6) is 0 Å². The molecule has 18 heavy (non-hydrogen) atoms. The second-order valence-corrected chi connectivity index (χ2v) is 4.80. The van der Waals surface area contributed by atoms with Crippen molar-refractivity contribution in [2.75, 3.05) is 11.4 Å². The van der Waals surface area contributed by atoms with Gasteiger partial charge in [-0.15, -0.1) is 0 Å². The van der Waals surface area contributed by atoms with E-state index in [-0.39, 0.29) is 0 Å². The maximum atomic E-state index is 11.7. The molecule has 5 heteroatoms. The largest absolute Gasteiger partial charge is 0.479 e. The van der Waals surface area contributed by atoms with Crippen LogP contribution in [-0.4, -0.2) is 33.1 Å². The summed E-state index contributed by atoms with van der Waals surface area (Å²) in [6.07, 6.45) is 4.79. The van der Waals surface area contributed by atoms with Crippen molar-refractivity contribution >= 4 is 11.8 Å². The second-order valence-electron chi connectivity index (χ2n) is 4.80. The lowest BCUT2D eigenvalue weighted by Crippen LogP contribution is -2.51. The first-order chi connectivity index (χ1) is 8.60. The van der Waals surface area contributed by atoms with E-state index < -0.39 is 11.5 Å². The maximum Gasteiger partial charge on any atom is 0.329 e. The first-order valence-electron chi connectivity index (χ1n) is 6.41. The summed E-state index contributed by atoms with van der Waals surface area (Å²) in [7, 11) is 0. The van der Waals surface area contributed by atoms with Crippen molar-refractivity contribution in [3.8, 4) is 0 Å². The highest BCUT2D eigenvalue weighted by Gasteiger charge is 2.47. The SMILES string of the molecule is CCCC1(C(=O)O)CCCN1c1ccnc(C)n1. The molecule has 0 amide bonds. The summed E-state index contributed by atoms with van der Waals surface area (Å²) in [5, 5.41) is 9.61. The number of carbonyl (C=O) groups is 1. The topological polar surface area (TPSA) is 66.3 Å². The molecule has 1 aliphatic heterocycles. The zero-order valence-electron chi connectivity index (χ0n) is 10.9. The molecule has 1 atom stereocenters. The highest BCUT2D eigenvalue weighted by molar-refractivity contribution is 5.84. The molecule has 1 fully saturated rings. The number of nitrogens with zero attached hydrogens (tertiary/aromatic N) is 3. The van der Waals surface area contributed by atoms with Crippen LogP contribution in [0.25, 0.3) is 0 Å². The van der Waals surface area contributed by atoms with Crippen LogP contribution >= 0.6 is 0 Å². The van der Waals surface area contributed by atoms with Crippen LogP contribution in [0, 0.1) is 6.92 Å². The number of carboxylic acids is 1. The molecule has 5 nitrogen and oxygen atoms in total. The van der Waals surface area contributed by atoms with Crippen LogP contribution in [0.4, 0.5) is 5.82 Å². The van der Waals surface area contributed by atoms with Gasteiger partial charge in [0.15, 0.2) is 0 Å². The molecule has 2 heterocycles. The minimum atomic E-state index is -0.782. The lowest BCUT2D eigenvalue weighted by molar-refractivity contribution is -0.143. The molecule has 98 valence electrons. The number of anilines is 1. The Kier molecular flexibility index (Phi) is 3.50. The molecule has 1 aliphatic rings. The van der Waals surface area contributed by atoms with Crippen LogP contribution in [0.3, 0.4) is 0 Å². The summed E-state index contributed by atoms with van der Waals surface area (Å²) in [6.45, 7) is 4.59. The highest BCUT2D eigenvalue weighted by Crippen LogP contribution is 2.36. The minimum absolute atomic E-state index is 0.658. The second kappa shape index (κ2) is 4.92. The number of aliphatic carboxylic acids is 1. The molecular weight excluding hydrogens is 230 g/mol. The standard InChI is InChI=1S/C13H19N3O2/c1-3-6-13(12(17)18)7-4-9-16(13)11-5-8-14-10(2)15-11/h5,8H,3-4,6-7,9H2,1-2H3,(H,17,18). The normalized spacial score (nSPS) is 23.3. The number of aryl methyl sites for hydroxylation is 1. The summed E-state index contributed by atoms with van der Waals surface area (Å²) < 4.78 is 0. The average Bonchev–Trinajstić information content (AvgIpc) is 2.74. The molecule has 0 aromatic carbocycles. The summed E-state index contributed by atoms with van der Waals surface area (Å²) in [5.74, 6) is 0.671. The zero-order valence-corrected chi connectivity index (χ0v) is 10.9. The third kappa shape index (κ3) is 2.05. The van der Waals surface area contributed by atoms with Gasteiger partial charge in [0.2, 0.25) is 0 Å². The fourth-order valence-corrected chi connectivity index (χ4v) is 2.81. The highest BCUT2D eigenvalue weighted by atomic mass is 16.4. The Morgan fingerprint density at radius 3 is 3.00 bits per heavy atom. The van der Waals surface area contributed by atoms with E-state index in [0.717, 1.165) is 25.2 Å². The van der Waals surface area contributed by atoms with E-state index in [2.05, 4.69) is 9.97 Å². The molecule has 1 aromatic heterocycles. The third-order valence-corrected chi connectivity index (χ3v) is 3.59. The Morgan fingerprint density at radius 1 is 1.61 bits per heavy atom. The van der Waals surface area contributed by atoms with E-state index >= 15 is 0 Å². The number of hydrogen-bond donors (Lipinski definition) is 1. The maximum absolute atomic E-state index is 11.7. The van der Waals surface area contributed by atoms with Gasteiger partial charge in [-0.3, -0.25) is 0 Å². The van der Waals surface area contributed by atoms with Gasteiger partial charge in [-0.25, -0.2) is 14.8 Å². The smallest absolute Gasteiger partial charge is 0.329 e. The zero-order chi connectivity index (χ0) is 13.2. The summed E-state index contributed by atoms with van der Waals surface area (Å²) in [5.41, 5.74) is -0.782. The average molecular weight is 249 g/mol. The van der Waals surface area contributed by atoms with Crippen molar-refractivity contribution in [2.24, 2.45) is 0 Å². The van der Waals surface area contributed by atoms with Crippen molar-refractivity contribution < 1.29 is 9.90 Å². The van der Waals surface area contributed by atoms with Gasteiger partial charge in [0, 0.05) is 12.7 Å². The van der Waals surface area contributed by atoms with E-state index in [9.17, 15) is 9.90 Å². The summed E-state index contributed by atoms with van der Waals surface area (Å²) in [4.78, 5) is 22.1. The lowest BCUT2D eigenvalue weighted by atomic mass is 9.90. The van der Waals surface area contributed by atoms with Gasteiger partial charge in [-0.2, -0.15) is 0 Å². The Balaban J connectivity index is 2.39. The van der Waals surface area contributed by atoms with Gasteiger partial charge >= 0.3 is 5.97 Å². The van der Waals surface area contributed by atoms with Crippen molar-refractivity contribution in [2.45, 2.75) is 45.1 Å². The van der Waals surface area contributed by atoms with Crippen LogP contribution in [0.15, 0.2) is 12.3 Å². The van der Waals surface area contributed by atoms with Crippen molar-refractivity contribution in [1.29, 1.82) is 0 Å². The predicted octanol–water partition coefficient (Wildman–Crippen LogP) is 2.01. The van der Waals surface area contributed by atoms with Crippen molar-refractivity contribution in [3.05, 3.63) is 18.1 Å². The van der Waals surface area contributed by atoms with Gasteiger partial charge in [0.1, 0.15) is 17.2 Å². The van der Waals surface area contributed by atoms with Crippen molar-refractivity contribution in [3.63, 3.8) is 0 Å². The van der Waals surface area contributed by atoms with Crippen LogP contribution in [0.1, 0.15) is 38.4 Å². The Bertz CT molecular complexity index is 450. The Morgan fingerprint density at radius 2 is 2.39 bits per heavy atom. The molecule has 0 radical (unpaired) electrons. The number of aromatic nitrogens is 2. The van der Waals surface area contributed by atoms with Gasteiger partial charge in [-0.1, -0.05) is 13.3 Å². The third-order valence-electron chi connectivity index (χ3n) is 3.59. The minimum Gasteiger partial charge on any atom is -0.479 e. The molecule has 1 aromatic rings. The van der Waals surface area contributed by atoms with Crippen LogP contribution < -0.4 is 4.90 Å². The predicted molar refractivity (Wildman–Crippen MR) is 68.6 cm³/mol. The molecule has 1 N–H and O–H groups in total. The van der Waals surface area contributed by atoms with Gasteiger partial charge in [0.25, 0.3) is 0 Å². The monoisotopic (exact) mass is 249 g/mol. The van der Waals surface area contributed by atoms with Gasteiger partial charge in [-0.05, 0) is 32.3 Å². The molecular formula is C13H19N3O2. The lowest BCUT2D eigenvalue weighted by Gasteiger charge is -2.35. The van der Waals surface area contributed by atoms with E-state index in [0.29, 0.717) is 18.7 Å². The summed E-state index contributed by atoms with van der Waals surface area (Å²) >= 11 is 0. The molecule has 1 unspecified atom stereocenters. The quantitative estimate of drug-likeness (QED) is 0.884. The van der Waals surface area contributed by atoms with Gasteiger partial charge < -0.3 is 10.0 Å². The molecule has 0 saturated carbocycles. The number of hydrogen-bond acceptors (Lipinski definition) is 4. The summed E-state index contributed by atoms with van der Waals surface area (Å²) in [6, 6.07) is 1.80. The fraction of sp³-hybridized carbons (Fsp3) is 0.615.